The SMILES string of the molecule is CC1CCc2c(c(F)c(F)c(Br)c2OC2CCC2)N1. The van der Waals surface area contributed by atoms with Crippen molar-refractivity contribution in [2.24, 2.45) is 0 Å². The lowest BCUT2D eigenvalue weighted by atomic mass is 9.94. The molecule has 1 aromatic carbocycles. The molecule has 0 saturated heterocycles. The maximum absolute atomic E-state index is 14.0. The molecule has 0 spiro atoms. The zero-order valence-corrected chi connectivity index (χ0v) is 12.3. The van der Waals surface area contributed by atoms with Gasteiger partial charge in [0.15, 0.2) is 11.6 Å². The highest BCUT2D eigenvalue weighted by atomic mass is 79.9. The molecule has 1 aliphatic carbocycles. The van der Waals surface area contributed by atoms with Gasteiger partial charge in [-0.25, -0.2) is 8.78 Å². The van der Waals surface area contributed by atoms with Crippen molar-refractivity contribution in [3.63, 3.8) is 0 Å². The molecular formula is C14H16BrF2NO. The number of nitrogens with one attached hydrogen (secondary N) is 1. The molecule has 5 heteroatoms. The van der Waals surface area contributed by atoms with Crippen LogP contribution in [0.4, 0.5) is 14.5 Å². The summed E-state index contributed by atoms with van der Waals surface area (Å²) in [6.45, 7) is 1.97. The van der Waals surface area contributed by atoms with Crippen LogP contribution in [0.3, 0.4) is 0 Å². The van der Waals surface area contributed by atoms with Crippen LogP contribution in [0.5, 0.6) is 5.75 Å². The number of rotatable bonds is 2. The first-order chi connectivity index (χ1) is 9.08. The molecule has 1 saturated carbocycles. The summed E-state index contributed by atoms with van der Waals surface area (Å²) in [7, 11) is 0. The zero-order chi connectivity index (χ0) is 13.6. The quantitative estimate of drug-likeness (QED) is 0.811. The van der Waals surface area contributed by atoms with Crippen molar-refractivity contribution in [1.82, 2.24) is 0 Å². The van der Waals surface area contributed by atoms with Gasteiger partial charge in [0.25, 0.3) is 0 Å². The summed E-state index contributed by atoms with van der Waals surface area (Å²) < 4.78 is 33.9. The summed E-state index contributed by atoms with van der Waals surface area (Å²) in [5.41, 5.74) is 1.03. The molecule has 0 aromatic heterocycles. The number of ether oxygens (including phenoxy) is 1. The Labute approximate surface area is 119 Å². The summed E-state index contributed by atoms with van der Waals surface area (Å²) >= 11 is 3.14. The van der Waals surface area contributed by atoms with E-state index in [1.165, 1.54) is 0 Å². The minimum Gasteiger partial charge on any atom is -0.489 e. The largest absolute Gasteiger partial charge is 0.489 e. The molecule has 3 rings (SSSR count). The predicted octanol–water partition coefficient (Wildman–Crippen LogP) is 4.41. The van der Waals surface area contributed by atoms with Gasteiger partial charge in [0.05, 0.1) is 16.3 Å². The molecule has 1 atom stereocenters. The topological polar surface area (TPSA) is 21.3 Å². The molecule has 2 aliphatic rings. The van der Waals surface area contributed by atoms with E-state index in [0.717, 1.165) is 31.2 Å². The van der Waals surface area contributed by atoms with Gasteiger partial charge in [-0.3, -0.25) is 0 Å². The third kappa shape index (κ3) is 2.22. The van der Waals surface area contributed by atoms with Gasteiger partial charge in [0.2, 0.25) is 0 Å². The van der Waals surface area contributed by atoms with Crippen LogP contribution < -0.4 is 10.1 Å². The van der Waals surface area contributed by atoms with E-state index in [0.29, 0.717) is 12.2 Å². The van der Waals surface area contributed by atoms with Crippen LogP contribution in [0.2, 0.25) is 0 Å². The summed E-state index contributed by atoms with van der Waals surface area (Å²) in [6.07, 6.45) is 4.87. The molecular weight excluding hydrogens is 316 g/mol. The average molecular weight is 332 g/mol. The fraction of sp³-hybridized carbons (Fsp3) is 0.571. The fourth-order valence-corrected chi connectivity index (χ4v) is 3.04. The van der Waals surface area contributed by atoms with Crippen molar-refractivity contribution in [1.29, 1.82) is 0 Å². The Bertz CT molecular complexity index is 517. The first-order valence-corrected chi connectivity index (χ1v) is 7.49. The molecule has 1 N–H and O–H groups in total. The van der Waals surface area contributed by atoms with Crippen LogP contribution in [-0.2, 0) is 6.42 Å². The van der Waals surface area contributed by atoms with Gasteiger partial charge in [0, 0.05) is 11.6 Å². The van der Waals surface area contributed by atoms with Crippen LogP contribution in [-0.4, -0.2) is 12.1 Å². The average Bonchev–Trinajstić information content (AvgIpc) is 2.34. The van der Waals surface area contributed by atoms with Crippen molar-refractivity contribution >= 4 is 21.6 Å². The van der Waals surface area contributed by atoms with Crippen molar-refractivity contribution in [3.8, 4) is 5.75 Å². The molecule has 2 nitrogen and oxygen atoms in total. The Morgan fingerprint density at radius 1 is 1.21 bits per heavy atom. The van der Waals surface area contributed by atoms with E-state index in [4.69, 9.17) is 4.74 Å². The molecule has 1 unspecified atom stereocenters. The first kappa shape index (κ1) is 13.2. The lowest BCUT2D eigenvalue weighted by Crippen LogP contribution is -2.28. The van der Waals surface area contributed by atoms with Crippen LogP contribution in [0, 0.1) is 11.6 Å². The Morgan fingerprint density at radius 2 is 1.95 bits per heavy atom. The predicted molar refractivity (Wildman–Crippen MR) is 73.7 cm³/mol. The number of halogens is 3. The van der Waals surface area contributed by atoms with E-state index < -0.39 is 11.6 Å². The van der Waals surface area contributed by atoms with Crippen LogP contribution in [0.15, 0.2) is 4.47 Å². The third-order valence-corrected chi connectivity index (χ3v) is 4.64. The molecule has 1 fully saturated rings. The van der Waals surface area contributed by atoms with E-state index in [-0.39, 0.29) is 22.3 Å². The minimum absolute atomic E-state index is 0.118. The van der Waals surface area contributed by atoms with Gasteiger partial charge in [-0.15, -0.1) is 0 Å². The van der Waals surface area contributed by atoms with Crippen LogP contribution in [0.25, 0.3) is 0 Å². The molecule has 104 valence electrons. The number of benzene rings is 1. The standard InChI is InChI=1S/C14H16BrF2NO/c1-7-5-6-9-13(18-7)12(17)11(16)10(15)14(9)19-8-3-2-4-8/h7-8,18H,2-6H2,1H3. The van der Waals surface area contributed by atoms with Crippen molar-refractivity contribution in [3.05, 3.63) is 21.7 Å². The summed E-state index contributed by atoms with van der Waals surface area (Å²) in [5.74, 6) is -1.19. The molecule has 1 heterocycles. The Morgan fingerprint density at radius 3 is 2.58 bits per heavy atom. The Kier molecular flexibility index (Phi) is 3.41. The summed E-state index contributed by atoms with van der Waals surface area (Å²) in [6, 6.07) is 0.152. The maximum Gasteiger partial charge on any atom is 0.183 e. The van der Waals surface area contributed by atoms with Crippen molar-refractivity contribution in [2.45, 2.75) is 51.2 Å². The van der Waals surface area contributed by atoms with Gasteiger partial charge < -0.3 is 10.1 Å². The third-order valence-electron chi connectivity index (χ3n) is 3.93. The van der Waals surface area contributed by atoms with Crippen molar-refractivity contribution in [2.75, 3.05) is 5.32 Å². The van der Waals surface area contributed by atoms with Crippen LogP contribution >= 0.6 is 15.9 Å². The van der Waals surface area contributed by atoms with Crippen LogP contribution in [0.1, 0.15) is 38.2 Å². The monoisotopic (exact) mass is 331 g/mol. The van der Waals surface area contributed by atoms with Gasteiger partial charge in [-0.1, -0.05) is 0 Å². The highest BCUT2D eigenvalue weighted by Crippen LogP contribution is 2.44. The Balaban J connectivity index is 2.06. The molecule has 19 heavy (non-hydrogen) atoms. The van der Waals surface area contributed by atoms with Gasteiger partial charge in [-0.05, 0) is 55.0 Å². The van der Waals surface area contributed by atoms with E-state index in [1.807, 2.05) is 6.92 Å². The molecule has 0 bridgehead atoms. The molecule has 1 aliphatic heterocycles. The molecule has 0 radical (unpaired) electrons. The molecule has 1 aromatic rings. The smallest absolute Gasteiger partial charge is 0.183 e. The number of fused-ring (bicyclic) bond motifs is 1. The number of hydrogen-bond donors (Lipinski definition) is 1. The second-order valence-corrected chi connectivity index (χ2v) is 6.17. The van der Waals surface area contributed by atoms with E-state index in [1.54, 1.807) is 0 Å². The van der Waals surface area contributed by atoms with Gasteiger partial charge in [0.1, 0.15) is 5.75 Å². The second-order valence-electron chi connectivity index (χ2n) is 5.38. The van der Waals surface area contributed by atoms with Gasteiger partial charge in [-0.2, -0.15) is 0 Å². The van der Waals surface area contributed by atoms with E-state index >= 15 is 0 Å². The van der Waals surface area contributed by atoms with E-state index in [2.05, 4.69) is 21.2 Å². The number of hydrogen-bond acceptors (Lipinski definition) is 2. The second kappa shape index (κ2) is 4.93. The normalized spacial score (nSPS) is 22.4. The highest BCUT2D eigenvalue weighted by Gasteiger charge is 2.30. The minimum atomic E-state index is -0.866. The van der Waals surface area contributed by atoms with Crippen molar-refractivity contribution < 1.29 is 13.5 Å². The number of anilines is 1. The summed E-state index contributed by atoms with van der Waals surface area (Å²) in [4.78, 5) is 0. The van der Waals surface area contributed by atoms with E-state index in [9.17, 15) is 8.78 Å². The molecule has 0 amide bonds. The summed E-state index contributed by atoms with van der Waals surface area (Å²) in [5, 5.41) is 3.03. The van der Waals surface area contributed by atoms with Gasteiger partial charge >= 0.3 is 0 Å². The highest BCUT2D eigenvalue weighted by molar-refractivity contribution is 9.10. The lowest BCUT2D eigenvalue weighted by Gasteiger charge is -2.32. The first-order valence-electron chi connectivity index (χ1n) is 6.70. The lowest BCUT2D eigenvalue weighted by molar-refractivity contribution is 0.117. The zero-order valence-electron chi connectivity index (χ0n) is 10.7. The fourth-order valence-electron chi connectivity index (χ4n) is 2.53. The maximum atomic E-state index is 14.0. The Hall–Kier alpha value is -0.840.